The van der Waals surface area contributed by atoms with Crippen molar-refractivity contribution in [3.63, 3.8) is 0 Å². The van der Waals surface area contributed by atoms with E-state index in [0.29, 0.717) is 5.76 Å². The van der Waals surface area contributed by atoms with Crippen molar-refractivity contribution in [2.45, 2.75) is 19.6 Å². The number of nitrogens with one attached hydrogen (secondary N) is 1. The van der Waals surface area contributed by atoms with E-state index in [2.05, 4.69) is 5.32 Å². The fraction of sp³-hybridized carbons (Fsp3) is 0.214. The highest BCUT2D eigenvalue weighted by atomic mass is 35.5. The van der Waals surface area contributed by atoms with Crippen molar-refractivity contribution < 1.29 is 18.9 Å². The number of nitrogens with zero attached hydrogens (tertiary/aromatic N) is 1. The van der Waals surface area contributed by atoms with Crippen molar-refractivity contribution in [1.29, 1.82) is 0 Å². The number of nitro groups is 1. The van der Waals surface area contributed by atoms with E-state index in [1.54, 1.807) is 19.1 Å². The van der Waals surface area contributed by atoms with Gasteiger partial charge in [-0.3, -0.25) is 14.9 Å². The van der Waals surface area contributed by atoms with E-state index in [-0.39, 0.29) is 28.9 Å². The Labute approximate surface area is 131 Å². The molecule has 0 aliphatic heterocycles. The average molecular weight is 325 g/mol. The Balaban J connectivity index is 1.94. The number of non-ortho nitro benzene ring substituents is 1. The lowest BCUT2D eigenvalue weighted by Crippen LogP contribution is -2.35. The molecule has 0 aliphatic carbocycles. The molecule has 0 bridgehead atoms. The summed E-state index contributed by atoms with van der Waals surface area (Å²) in [6, 6.07) is 7.24. The minimum absolute atomic E-state index is 0.0693. The first-order chi connectivity index (χ1) is 10.5. The Kier molecular flexibility index (Phi) is 5.00. The van der Waals surface area contributed by atoms with Gasteiger partial charge in [0.15, 0.2) is 6.10 Å². The van der Waals surface area contributed by atoms with Crippen LogP contribution in [-0.4, -0.2) is 16.9 Å². The molecule has 2 rings (SSSR count). The van der Waals surface area contributed by atoms with Gasteiger partial charge < -0.3 is 14.5 Å². The van der Waals surface area contributed by atoms with Gasteiger partial charge in [-0.2, -0.15) is 0 Å². The highest BCUT2D eigenvalue weighted by Crippen LogP contribution is 2.29. The molecule has 2 aromatic rings. The van der Waals surface area contributed by atoms with Crippen LogP contribution in [0, 0.1) is 10.1 Å². The lowest BCUT2D eigenvalue weighted by atomic mass is 10.3. The molecule has 116 valence electrons. The van der Waals surface area contributed by atoms with Crippen molar-refractivity contribution in [2.75, 3.05) is 0 Å². The number of carbonyl (C=O) groups is 1. The molecule has 0 saturated carbocycles. The molecule has 0 aliphatic rings. The Morgan fingerprint density at radius 3 is 2.86 bits per heavy atom. The standard InChI is InChI=1S/C14H13ClN2O5/c1-9(14(18)16-8-11-3-2-6-21-11)22-13-5-4-10(17(19)20)7-12(13)15/h2-7,9H,8H2,1H3,(H,16,18). The van der Waals surface area contributed by atoms with Gasteiger partial charge in [0, 0.05) is 12.1 Å². The van der Waals surface area contributed by atoms with Crippen LogP contribution in [0.15, 0.2) is 41.0 Å². The summed E-state index contributed by atoms with van der Waals surface area (Å²) in [7, 11) is 0. The number of carbonyl (C=O) groups excluding carboxylic acids is 1. The second-order valence-corrected chi connectivity index (χ2v) is 4.84. The van der Waals surface area contributed by atoms with Gasteiger partial charge in [-0.15, -0.1) is 0 Å². The Hall–Kier alpha value is -2.54. The second-order valence-electron chi connectivity index (χ2n) is 4.43. The lowest BCUT2D eigenvalue weighted by Gasteiger charge is -2.15. The molecule has 22 heavy (non-hydrogen) atoms. The number of furan rings is 1. The predicted octanol–water partition coefficient (Wildman–Crippen LogP) is 2.92. The maximum absolute atomic E-state index is 11.9. The number of rotatable bonds is 6. The highest BCUT2D eigenvalue weighted by molar-refractivity contribution is 6.32. The van der Waals surface area contributed by atoms with Crippen LogP contribution in [0.1, 0.15) is 12.7 Å². The monoisotopic (exact) mass is 324 g/mol. The highest BCUT2D eigenvalue weighted by Gasteiger charge is 2.17. The normalized spacial score (nSPS) is 11.7. The molecule has 0 spiro atoms. The molecule has 0 saturated heterocycles. The third-order valence-electron chi connectivity index (χ3n) is 2.82. The van der Waals surface area contributed by atoms with E-state index in [4.69, 9.17) is 20.8 Å². The van der Waals surface area contributed by atoms with E-state index < -0.39 is 11.0 Å². The van der Waals surface area contributed by atoms with Gasteiger partial charge in [-0.1, -0.05) is 11.6 Å². The first kappa shape index (κ1) is 15.8. The summed E-state index contributed by atoms with van der Waals surface area (Å²) in [5.74, 6) is 0.465. The van der Waals surface area contributed by atoms with E-state index in [1.165, 1.54) is 24.5 Å². The summed E-state index contributed by atoms with van der Waals surface area (Å²) in [6.45, 7) is 1.79. The number of nitro benzene ring substituents is 1. The van der Waals surface area contributed by atoms with Crippen LogP contribution in [0.4, 0.5) is 5.69 Å². The molecule has 1 N–H and O–H groups in total. The van der Waals surface area contributed by atoms with Crippen molar-refractivity contribution in [3.05, 3.63) is 57.5 Å². The topological polar surface area (TPSA) is 94.6 Å². The summed E-state index contributed by atoms with van der Waals surface area (Å²) in [6.07, 6.45) is 0.701. The van der Waals surface area contributed by atoms with Crippen LogP contribution >= 0.6 is 11.6 Å². The second kappa shape index (κ2) is 6.95. The quantitative estimate of drug-likeness (QED) is 0.651. The molecule has 7 nitrogen and oxygen atoms in total. The molecule has 1 atom stereocenters. The molecule has 8 heteroatoms. The molecule has 1 aromatic heterocycles. The van der Waals surface area contributed by atoms with Crippen molar-refractivity contribution in [1.82, 2.24) is 5.32 Å². The Morgan fingerprint density at radius 2 is 2.27 bits per heavy atom. The number of halogens is 1. The maximum atomic E-state index is 11.9. The molecular formula is C14H13ClN2O5. The third-order valence-corrected chi connectivity index (χ3v) is 3.11. The number of ether oxygens (including phenoxy) is 1. The van der Waals surface area contributed by atoms with Crippen molar-refractivity contribution in [3.8, 4) is 5.75 Å². The predicted molar refractivity (Wildman–Crippen MR) is 78.8 cm³/mol. The van der Waals surface area contributed by atoms with Gasteiger partial charge in [0.25, 0.3) is 11.6 Å². The zero-order valence-corrected chi connectivity index (χ0v) is 12.4. The molecular weight excluding hydrogens is 312 g/mol. The van der Waals surface area contributed by atoms with Crippen LogP contribution < -0.4 is 10.1 Å². The average Bonchev–Trinajstić information content (AvgIpc) is 2.99. The number of hydrogen-bond acceptors (Lipinski definition) is 5. The minimum atomic E-state index is -0.811. The summed E-state index contributed by atoms with van der Waals surface area (Å²) in [5.41, 5.74) is -0.146. The summed E-state index contributed by atoms with van der Waals surface area (Å²) < 4.78 is 10.5. The van der Waals surface area contributed by atoms with Gasteiger partial charge in [0.1, 0.15) is 11.5 Å². The van der Waals surface area contributed by atoms with E-state index in [9.17, 15) is 14.9 Å². The van der Waals surface area contributed by atoms with E-state index >= 15 is 0 Å². The van der Waals surface area contributed by atoms with Gasteiger partial charge in [0.05, 0.1) is 22.8 Å². The number of hydrogen-bond donors (Lipinski definition) is 1. The summed E-state index contributed by atoms with van der Waals surface area (Å²) in [5, 5.41) is 13.3. The fourth-order valence-corrected chi connectivity index (χ4v) is 1.89. The van der Waals surface area contributed by atoms with Crippen LogP contribution in [-0.2, 0) is 11.3 Å². The Bertz CT molecular complexity index is 672. The first-order valence-corrected chi connectivity index (χ1v) is 6.76. The van der Waals surface area contributed by atoms with Gasteiger partial charge in [-0.05, 0) is 25.1 Å². The lowest BCUT2D eigenvalue weighted by molar-refractivity contribution is -0.384. The van der Waals surface area contributed by atoms with E-state index in [0.717, 1.165) is 0 Å². The number of amides is 1. The van der Waals surface area contributed by atoms with Crippen LogP contribution in [0.3, 0.4) is 0 Å². The van der Waals surface area contributed by atoms with Crippen LogP contribution in [0.25, 0.3) is 0 Å². The first-order valence-electron chi connectivity index (χ1n) is 6.38. The molecule has 1 heterocycles. The molecule has 1 amide bonds. The van der Waals surface area contributed by atoms with Crippen LogP contribution in [0.2, 0.25) is 5.02 Å². The zero-order valence-electron chi connectivity index (χ0n) is 11.6. The molecule has 0 radical (unpaired) electrons. The van der Waals surface area contributed by atoms with Crippen molar-refractivity contribution >= 4 is 23.2 Å². The Morgan fingerprint density at radius 1 is 1.50 bits per heavy atom. The van der Waals surface area contributed by atoms with Gasteiger partial charge >= 0.3 is 0 Å². The largest absolute Gasteiger partial charge is 0.479 e. The molecule has 1 aromatic carbocycles. The zero-order chi connectivity index (χ0) is 16.1. The van der Waals surface area contributed by atoms with Crippen molar-refractivity contribution in [2.24, 2.45) is 0 Å². The molecule has 0 fully saturated rings. The van der Waals surface area contributed by atoms with Gasteiger partial charge in [-0.25, -0.2) is 0 Å². The third kappa shape index (κ3) is 3.98. The van der Waals surface area contributed by atoms with Gasteiger partial charge in [0.2, 0.25) is 0 Å². The summed E-state index contributed by atoms with van der Waals surface area (Å²) in [4.78, 5) is 22.0. The maximum Gasteiger partial charge on any atom is 0.271 e. The molecule has 1 unspecified atom stereocenters. The summed E-state index contributed by atoms with van der Waals surface area (Å²) >= 11 is 5.90. The SMILES string of the molecule is CC(Oc1ccc([N+](=O)[O-])cc1Cl)C(=O)NCc1ccco1. The fourth-order valence-electron chi connectivity index (χ4n) is 1.67. The number of benzene rings is 1. The van der Waals surface area contributed by atoms with Crippen LogP contribution in [0.5, 0.6) is 5.75 Å². The smallest absolute Gasteiger partial charge is 0.271 e. The van der Waals surface area contributed by atoms with E-state index in [1.807, 2.05) is 0 Å². The minimum Gasteiger partial charge on any atom is -0.479 e.